The minimum Gasteiger partial charge on any atom is -0.456 e. The molecule has 7 nitrogen and oxygen atoms in total. The van der Waals surface area contributed by atoms with Crippen LogP contribution in [0.2, 0.25) is 5.02 Å². The van der Waals surface area contributed by atoms with Crippen molar-refractivity contribution < 1.29 is 18.7 Å². The van der Waals surface area contributed by atoms with Crippen molar-refractivity contribution in [3.63, 3.8) is 0 Å². The van der Waals surface area contributed by atoms with Crippen molar-refractivity contribution in [1.29, 1.82) is 0 Å². The number of anilines is 1. The third-order valence-electron chi connectivity index (χ3n) is 4.43. The summed E-state index contributed by atoms with van der Waals surface area (Å²) in [6, 6.07) is 5.68. The van der Waals surface area contributed by atoms with Crippen LogP contribution in [0.3, 0.4) is 0 Å². The van der Waals surface area contributed by atoms with Gasteiger partial charge >= 0.3 is 5.97 Å². The molecular formula is C20H20ClFN4O3. The number of esters is 1. The molecule has 152 valence electrons. The van der Waals surface area contributed by atoms with E-state index in [1.165, 1.54) is 12.1 Å². The monoisotopic (exact) mass is 418 g/mol. The molecular weight excluding hydrogens is 399 g/mol. The fourth-order valence-electron chi connectivity index (χ4n) is 3.03. The van der Waals surface area contributed by atoms with E-state index in [0.29, 0.717) is 6.42 Å². The molecule has 9 heteroatoms. The first-order valence-electron chi connectivity index (χ1n) is 8.97. The van der Waals surface area contributed by atoms with Gasteiger partial charge in [0.15, 0.2) is 12.3 Å². The Morgan fingerprint density at radius 3 is 2.76 bits per heavy atom. The minimum absolute atomic E-state index is 0.0707. The van der Waals surface area contributed by atoms with Crippen LogP contribution in [0.25, 0.3) is 5.65 Å². The maximum Gasteiger partial charge on any atom is 0.306 e. The number of rotatable bonds is 6. The number of halogens is 2. The Morgan fingerprint density at radius 1 is 1.24 bits per heavy atom. The third-order valence-corrected chi connectivity index (χ3v) is 4.67. The standard InChI is InChI=1S/C20H20ClFN4O3/c1-11-8-18-23-12(2)15(13(3)26(18)25-11)5-7-20(28)29-10-19(27)24-17-9-14(21)4-6-16(17)22/h4,6,8-9H,5,7,10H2,1-3H3,(H,24,27). The largest absolute Gasteiger partial charge is 0.456 e. The van der Waals surface area contributed by atoms with E-state index in [1.807, 2.05) is 26.8 Å². The Bertz CT molecular complexity index is 1100. The molecule has 1 aromatic carbocycles. The van der Waals surface area contributed by atoms with Crippen LogP contribution in [-0.2, 0) is 20.7 Å². The predicted octanol–water partition coefficient (Wildman–Crippen LogP) is 3.56. The molecule has 0 aliphatic heterocycles. The molecule has 3 rings (SSSR count). The Labute approximate surface area is 171 Å². The van der Waals surface area contributed by atoms with Crippen molar-refractivity contribution in [2.75, 3.05) is 11.9 Å². The van der Waals surface area contributed by atoms with Crippen molar-refractivity contribution >= 4 is 34.8 Å². The molecule has 0 fully saturated rings. The normalized spacial score (nSPS) is 10.9. The van der Waals surface area contributed by atoms with Crippen LogP contribution in [0.15, 0.2) is 24.3 Å². The Kier molecular flexibility index (Phi) is 6.12. The average molecular weight is 419 g/mol. The van der Waals surface area contributed by atoms with Gasteiger partial charge in [-0.2, -0.15) is 5.10 Å². The molecule has 0 saturated heterocycles. The predicted molar refractivity (Wildman–Crippen MR) is 107 cm³/mol. The maximum absolute atomic E-state index is 13.6. The molecule has 0 aliphatic rings. The highest BCUT2D eigenvalue weighted by Crippen LogP contribution is 2.20. The van der Waals surface area contributed by atoms with Gasteiger partial charge in [0.25, 0.3) is 5.91 Å². The summed E-state index contributed by atoms with van der Waals surface area (Å²) >= 11 is 5.78. The SMILES string of the molecule is Cc1cc2nc(C)c(CCC(=O)OCC(=O)Nc3cc(Cl)ccc3F)c(C)n2n1. The van der Waals surface area contributed by atoms with Crippen LogP contribution < -0.4 is 5.32 Å². The number of hydrogen-bond acceptors (Lipinski definition) is 5. The summed E-state index contributed by atoms with van der Waals surface area (Å²) in [5, 5.41) is 7.00. The van der Waals surface area contributed by atoms with Gasteiger partial charge in [0.2, 0.25) is 0 Å². The highest BCUT2D eigenvalue weighted by atomic mass is 35.5. The molecule has 29 heavy (non-hydrogen) atoms. The van der Waals surface area contributed by atoms with Crippen LogP contribution >= 0.6 is 11.6 Å². The van der Waals surface area contributed by atoms with Gasteiger partial charge < -0.3 is 10.1 Å². The maximum atomic E-state index is 13.6. The number of fused-ring (bicyclic) bond motifs is 1. The second-order valence-corrected chi connectivity index (χ2v) is 7.09. The molecule has 0 spiro atoms. The highest BCUT2D eigenvalue weighted by Gasteiger charge is 2.15. The zero-order valence-electron chi connectivity index (χ0n) is 16.3. The number of hydrogen-bond donors (Lipinski definition) is 1. The van der Waals surface area contributed by atoms with E-state index in [2.05, 4.69) is 15.4 Å². The number of carbonyl (C=O) groups excluding carboxylic acids is 2. The Hall–Kier alpha value is -3.00. The fourth-order valence-corrected chi connectivity index (χ4v) is 3.20. The van der Waals surface area contributed by atoms with Crippen LogP contribution in [-0.4, -0.2) is 33.1 Å². The van der Waals surface area contributed by atoms with Gasteiger partial charge in [0.05, 0.1) is 11.4 Å². The number of nitrogens with zero attached hydrogens (tertiary/aromatic N) is 3. The van der Waals surface area contributed by atoms with E-state index >= 15 is 0 Å². The second kappa shape index (κ2) is 8.57. The summed E-state index contributed by atoms with van der Waals surface area (Å²) in [6.45, 7) is 5.17. The smallest absolute Gasteiger partial charge is 0.306 e. The molecule has 2 aromatic heterocycles. The van der Waals surface area contributed by atoms with E-state index in [9.17, 15) is 14.0 Å². The van der Waals surface area contributed by atoms with Crippen molar-refractivity contribution in [3.8, 4) is 0 Å². The molecule has 0 atom stereocenters. The lowest BCUT2D eigenvalue weighted by Crippen LogP contribution is -2.21. The number of nitrogens with one attached hydrogen (secondary N) is 1. The summed E-state index contributed by atoms with van der Waals surface area (Å²) in [7, 11) is 0. The lowest BCUT2D eigenvalue weighted by atomic mass is 10.1. The summed E-state index contributed by atoms with van der Waals surface area (Å²) in [5.74, 6) is -1.82. The molecule has 3 aromatic rings. The lowest BCUT2D eigenvalue weighted by Gasteiger charge is -2.11. The Balaban J connectivity index is 1.55. The molecule has 1 N–H and O–H groups in total. The van der Waals surface area contributed by atoms with Crippen LogP contribution in [0.1, 0.15) is 29.1 Å². The lowest BCUT2D eigenvalue weighted by molar-refractivity contribution is -0.147. The third kappa shape index (κ3) is 4.89. The molecule has 0 unspecified atom stereocenters. The van der Waals surface area contributed by atoms with E-state index < -0.39 is 24.3 Å². The zero-order chi connectivity index (χ0) is 21.1. The molecule has 0 radical (unpaired) electrons. The topological polar surface area (TPSA) is 85.6 Å². The van der Waals surface area contributed by atoms with Gasteiger partial charge in [-0.25, -0.2) is 13.9 Å². The number of benzene rings is 1. The zero-order valence-corrected chi connectivity index (χ0v) is 17.0. The minimum atomic E-state index is -0.651. The van der Waals surface area contributed by atoms with Crippen molar-refractivity contribution in [2.24, 2.45) is 0 Å². The number of ether oxygens (including phenoxy) is 1. The van der Waals surface area contributed by atoms with Crippen LogP contribution in [0.4, 0.5) is 10.1 Å². The fraction of sp³-hybridized carbons (Fsp3) is 0.300. The number of carbonyl (C=O) groups is 2. The second-order valence-electron chi connectivity index (χ2n) is 6.65. The van der Waals surface area contributed by atoms with Crippen LogP contribution in [0, 0.1) is 26.6 Å². The van der Waals surface area contributed by atoms with E-state index in [0.717, 1.165) is 34.4 Å². The van der Waals surface area contributed by atoms with Crippen LogP contribution in [0.5, 0.6) is 0 Å². The van der Waals surface area contributed by atoms with E-state index in [-0.39, 0.29) is 17.1 Å². The van der Waals surface area contributed by atoms with Gasteiger partial charge in [-0.05, 0) is 51.0 Å². The first kappa shape index (κ1) is 20.7. The first-order chi connectivity index (χ1) is 13.7. The van der Waals surface area contributed by atoms with Gasteiger partial charge in [0, 0.05) is 28.9 Å². The molecule has 2 heterocycles. The Morgan fingerprint density at radius 2 is 2.00 bits per heavy atom. The molecule has 1 amide bonds. The van der Waals surface area contributed by atoms with Gasteiger partial charge in [-0.15, -0.1) is 0 Å². The number of aromatic nitrogens is 3. The van der Waals surface area contributed by atoms with Crippen molar-refractivity contribution in [3.05, 3.63) is 57.8 Å². The molecule has 0 bridgehead atoms. The highest BCUT2D eigenvalue weighted by molar-refractivity contribution is 6.30. The summed E-state index contributed by atoms with van der Waals surface area (Å²) < 4.78 is 20.4. The summed E-state index contributed by atoms with van der Waals surface area (Å²) in [4.78, 5) is 28.4. The summed E-state index contributed by atoms with van der Waals surface area (Å²) in [5.41, 5.74) is 4.17. The van der Waals surface area contributed by atoms with Gasteiger partial charge in [0.1, 0.15) is 5.82 Å². The van der Waals surface area contributed by atoms with E-state index in [1.54, 1.807) is 4.52 Å². The molecule has 0 aliphatic carbocycles. The number of amides is 1. The molecule has 0 saturated carbocycles. The van der Waals surface area contributed by atoms with Gasteiger partial charge in [-0.3, -0.25) is 9.59 Å². The first-order valence-corrected chi connectivity index (χ1v) is 9.35. The average Bonchev–Trinajstić information content (AvgIpc) is 3.03. The quantitative estimate of drug-likeness (QED) is 0.618. The number of aryl methyl sites for hydroxylation is 3. The van der Waals surface area contributed by atoms with Gasteiger partial charge in [-0.1, -0.05) is 11.6 Å². The van der Waals surface area contributed by atoms with Crippen molar-refractivity contribution in [1.82, 2.24) is 14.6 Å². The van der Waals surface area contributed by atoms with Crippen molar-refractivity contribution in [2.45, 2.75) is 33.6 Å². The van der Waals surface area contributed by atoms with E-state index in [4.69, 9.17) is 16.3 Å². The summed E-state index contributed by atoms with van der Waals surface area (Å²) in [6.07, 6.45) is 0.483.